The highest BCUT2D eigenvalue weighted by Gasteiger charge is 2.14. The fourth-order valence-electron chi connectivity index (χ4n) is 3.11. The second-order valence-corrected chi connectivity index (χ2v) is 7.50. The first-order valence-electron chi connectivity index (χ1n) is 8.53. The van der Waals surface area contributed by atoms with Crippen molar-refractivity contribution in [1.82, 2.24) is 23.6 Å². The lowest BCUT2D eigenvalue weighted by molar-refractivity contribution is 0.312. The first kappa shape index (κ1) is 19.7. The SMILES string of the molecule is CN(CCCn1c(=O)c2c(ncn2C)n(C)c1=O)Cc1ccc(Cl)cc1Cl. The van der Waals surface area contributed by atoms with Gasteiger partial charge in [0.1, 0.15) is 0 Å². The lowest BCUT2D eigenvalue weighted by atomic mass is 10.2. The van der Waals surface area contributed by atoms with Crippen molar-refractivity contribution in [2.24, 2.45) is 14.1 Å². The van der Waals surface area contributed by atoms with Gasteiger partial charge in [-0.3, -0.25) is 13.9 Å². The summed E-state index contributed by atoms with van der Waals surface area (Å²) in [5.41, 5.74) is 1.15. The molecule has 2 heterocycles. The van der Waals surface area contributed by atoms with Crippen molar-refractivity contribution < 1.29 is 0 Å². The van der Waals surface area contributed by atoms with Crippen molar-refractivity contribution in [2.45, 2.75) is 19.5 Å². The van der Waals surface area contributed by atoms with Crippen LogP contribution in [0.15, 0.2) is 34.1 Å². The van der Waals surface area contributed by atoms with Crippen molar-refractivity contribution in [3.63, 3.8) is 0 Å². The van der Waals surface area contributed by atoms with E-state index in [0.717, 1.165) is 5.56 Å². The van der Waals surface area contributed by atoms with Crippen molar-refractivity contribution >= 4 is 34.4 Å². The average Bonchev–Trinajstić information content (AvgIpc) is 3.00. The number of aryl methyl sites for hydroxylation is 2. The van der Waals surface area contributed by atoms with Crippen LogP contribution in [-0.4, -0.2) is 37.2 Å². The van der Waals surface area contributed by atoms with Gasteiger partial charge in [-0.25, -0.2) is 9.78 Å². The minimum Gasteiger partial charge on any atom is -0.328 e. The van der Waals surface area contributed by atoms with Gasteiger partial charge in [0.05, 0.1) is 6.33 Å². The second kappa shape index (κ2) is 7.88. The molecule has 0 aliphatic heterocycles. The van der Waals surface area contributed by atoms with Crippen LogP contribution in [0.3, 0.4) is 0 Å². The van der Waals surface area contributed by atoms with E-state index in [1.807, 2.05) is 19.2 Å². The minimum absolute atomic E-state index is 0.309. The van der Waals surface area contributed by atoms with Crippen LogP contribution < -0.4 is 11.2 Å². The first-order valence-corrected chi connectivity index (χ1v) is 9.28. The number of rotatable bonds is 6. The van der Waals surface area contributed by atoms with Crippen LogP contribution in [0.1, 0.15) is 12.0 Å². The van der Waals surface area contributed by atoms with Crippen LogP contribution in [0.4, 0.5) is 0 Å². The predicted octanol–water partition coefficient (Wildman–Crippen LogP) is 2.26. The first-order chi connectivity index (χ1) is 12.8. The lowest BCUT2D eigenvalue weighted by Gasteiger charge is -2.18. The Hall–Kier alpha value is -2.09. The molecule has 144 valence electrons. The molecule has 7 nitrogen and oxygen atoms in total. The Morgan fingerprint density at radius 2 is 1.93 bits per heavy atom. The Labute approximate surface area is 166 Å². The molecule has 27 heavy (non-hydrogen) atoms. The standard InChI is InChI=1S/C18H21Cl2N5O2/c1-22(10-12-5-6-13(19)9-14(12)20)7-4-8-25-17(26)15-16(21-11-23(15)2)24(3)18(25)27/h5-6,9,11H,4,7-8,10H2,1-3H3. The molecule has 3 rings (SSSR count). The maximum absolute atomic E-state index is 12.7. The molecule has 0 spiro atoms. The van der Waals surface area contributed by atoms with Gasteiger partial charge >= 0.3 is 5.69 Å². The molecule has 0 saturated carbocycles. The zero-order chi connectivity index (χ0) is 19.7. The molecule has 0 fully saturated rings. The van der Waals surface area contributed by atoms with Crippen molar-refractivity contribution in [1.29, 1.82) is 0 Å². The van der Waals surface area contributed by atoms with E-state index in [1.54, 1.807) is 31.1 Å². The molecule has 0 atom stereocenters. The number of halogens is 2. The van der Waals surface area contributed by atoms with Crippen LogP contribution in [-0.2, 0) is 27.2 Å². The summed E-state index contributed by atoms with van der Waals surface area (Å²) >= 11 is 12.1. The van der Waals surface area contributed by atoms with Gasteiger partial charge in [0.25, 0.3) is 5.56 Å². The van der Waals surface area contributed by atoms with Crippen LogP contribution in [0.25, 0.3) is 11.2 Å². The number of aromatic nitrogens is 4. The summed E-state index contributed by atoms with van der Waals surface area (Å²) in [5, 5.41) is 1.23. The Balaban J connectivity index is 1.71. The topological polar surface area (TPSA) is 65.1 Å². The highest BCUT2D eigenvalue weighted by Crippen LogP contribution is 2.22. The van der Waals surface area contributed by atoms with E-state index < -0.39 is 0 Å². The van der Waals surface area contributed by atoms with Crippen molar-refractivity contribution in [3.05, 3.63) is 61.0 Å². The van der Waals surface area contributed by atoms with E-state index in [-0.39, 0.29) is 11.2 Å². The highest BCUT2D eigenvalue weighted by atomic mass is 35.5. The fraction of sp³-hybridized carbons (Fsp3) is 0.389. The summed E-state index contributed by atoms with van der Waals surface area (Å²) in [6.45, 7) is 1.70. The molecule has 0 N–H and O–H groups in total. The monoisotopic (exact) mass is 409 g/mol. The minimum atomic E-state index is -0.352. The van der Waals surface area contributed by atoms with Gasteiger partial charge in [0.2, 0.25) is 0 Å². The van der Waals surface area contributed by atoms with Gasteiger partial charge in [0, 0.05) is 37.2 Å². The lowest BCUT2D eigenvalue weighted by Crippen LogP contribution is -2.40. The molecular formula is C18H21Cl2N5O2. The Kier molecular flexibility index (Phi) is 5.74. The van der Waals surface area contributed by atoms with Gasteiger partial charge in [-0.2, -0.15) is 0 Å². The van der Waals surface area contributed by atoms with Crippen LogP contribution in [0.2, 0.25) is 10.0 Å². The third-order valence-corrected chi connectivity index (χ3v) is 5.16. The molecule has 0 amide bonds. The van der Waals surface area contributed by atoms with Gasteiger partial charge in [-0.15, -0.1) is 0 Å². The smallest absolute Gasteiger partial charge is 0.328 e. The number of imidazole rings is 1. The van der Waals surface area contributed by atoms with Gasteiger partial charge < -0.3 is 9.47 Å². The van der Waals surface area contributed by atoms with Crippen LogP contribution in [0, 0.1) is 0 Å². The Morgan fingerprint density at radius 3 is 2.63 bits per heavy atom. The third-order valence-electron chi connectivity index (χ3n) is 4.58. The number of hydrogen-bond donors (Lipinski definition) is 0. The summed E-state index contributed by atoms with van der Waals surface area (Å²) in [6.07, 6.45) is 2.19. The zero-order valence-corrected chi connectivity index (χ0v) is 17.0. The number of fused-ring (bicyclic) bond motifs is 1. The molecule has 0 radical (unpaired) electrons. The zero-order valence-electron chi connectivity index (χ0n) is 15.4. The van der Waals surface area contributed by atoms with E-state index in [9.17, 15) is 9.59 Å². The second-order valence-electron chi connectivity index (χ2n) is 6.65. The molecule has 1 aromatic carbocycles. The number of nitrogens with zero attached hydrogens (tertiary/aromatic N) is 5. The summed E-state index contributed by atoms with van der Waals surface area (Å²) < 4.78 is 4.32. The third kappa shape index (κ3) is 3.95. The van der Waals surface area contributed by atoms with Crippen LogP contribution in [0.5, 0.6) is 0 Å². The van der Waals surface area contributed by atoms with E-state index in [2.05, 4.69) is 9.88 Å². The van der Waals surface area contributed by atoms with Crippen LogP contribution >= 0.6 is 23.2 Å². The molecule has 0 aliphatic rings. The Bertz CT molecular complexity index is 1100. The van der Waals surface area contributed by atoms with Gasteiger partial charge in [-0.05, 0) is 37.7 Å². The molecule has 0 bridgehead atoms. The molecule has 3 aromatic rings. The maximum atomic E-state index is 12.7. The van der Waals surface area contributed by atoms with E-state index >= 15 is 0 Å². The normalized spacial score (nSPS) is 11.6. The molecule has 0 aliphatic carbocycles. The molecular weight excluding hydrogens is 389 g/mol. The largest absolute Gasteiger partial charge is 0.332 e. The predicted molar refractivity (Wildman–Crippen MR) is 108 cm³/mol. The van der Waals surface area contributed by atoms with E-state index in [4.69, 9.17) is 23.2 Å². The van der Waals surface area contributed by atoms with Crippen molar-refractivity contribution in [2.75, 3.05) is 13.6 Å². The van der Waals surface area contributed by atoms with Gasteiger partial charge in [0.15, 0.2) is 11.2 Å². The molecule has 0 unspecified atom stereocenters. The van der Waals surface area contributed by atoms with E-state index in [1.165, 1.54) is 9.13 Å². The molecule has 0 saturated heterocycles. The molecule has 2 aromatic heterocycles. The highest BCUT2D eigenvalue weighted by molar-refractivity contribution is 6.35. The summed E-state index contributed by atoms with van der Waals surface area (Å²) in [5.74, 6) is 0. The number of hydrogen-bond acceptors (Lipinski definition) is 4. The summed E-state index contributed by atoms with van der Waals surface area (Å²) in [6, 6.07) is 5.43. The Morgan fingerprint density at radius 1 is 1.19 bits per heavy atom. The average molecular weight is 410 g/mol. The number of benzene rings is 1. The van der Waals surface area contributed by atoms with Crippen molar-refractivity contribution in [3.8, 4) is 0 Å². The maximum Gasteiger partial charge on any atom is 0.332 e. The quantitative estimate of drug-likeness (QED) is 0.626. The van der Waals surface area contributed by atoms with Gasteiger partial charge in [-0.1, -0.05) is 29.3 Å². The summed E-state index contributed by atoms with van der Waals surface area (Å²) in [7, 11) is 5.34. The summed E-state index contributed by atoms with van der Waals surface area (Å²) in [4.78, 5) is 31.4. The van der Waals surface area contributed by atoms with E-state index in [0.29, 0.717) is 47.3 Å². The fourth-order valence-corrected chi connectivity index (χ4v) is 3.58. The molecule has 9 heteroatoms.